The third kappa shape index (κ3) is 2.67. The van der Waals surface area contributed by atoms with Gasteiger partial charge in [-0.15, -0.1) is 0 Å². The van der Waals surface area contributed by atoms with Crippen LogP contribution >= 0.6 is 0 Å². The van der Waals surface area contributed by atoms with Crippen LogP contribution in [0.15, 0.2) is 23.2 Å². The fourth-order valence-corrected chi connectivity index (χ4v) is 1.29. The van der Waals surface area contributed by atoms with Gasteiger partial charge in [0.05, 0.1) is 12.1 Å². The van der Waals surface area contributed by atoms with Crippen molar-refractivity contribution in [1.29, 1.82) is 0 Å². The van der Waals surface area contributed by atoms with E-state index in [2.05, 4.69) is 4.99 Å². The van der Waals surface area contributed by atoms with Gasteiger partial charge in [-0.1, -0.05) is 12.1 Å². The number of benzene rings is 1. The first kappa shape index (κ1) is 11.5. The highest BCUT2D eigenvalue weighted by molar-refractivity contribution is 5.39. The standard InChI is InChI=1S/C10H8F3NO/c1-7-3-2-4-9(10(11,12)13)8(7)5-14-6-15/h2-4H,5H2,1H3. The van der Waals surface area contributed by atoms with Crippen LogP contribution in [0.2, 0.25) is 0 Å². The van der Waals surface area contributed by atoms with Gasteiger partial charge in [-0.2, -0.15) is 13.2 Å². The van der Waals surface area contributed by atoms with Crippen molar-refractivity contribution in [3.63, 3.8) is 0 Å². The number of nitrogens with zero attached hydrogens (tertiary/aromatic N) is 1. The summed E-state index contributed by atoms with van der Waals surface area (Å²) < 4.78 is 37.5. The maximum atomic E-state index is 12.5. The molecule has 15 heavy (non-hydrogen) atoms. The SMILES string of the molecule is Cc1cccc(C(F)(F)F)c1CN=C=O. The number of halogens is 3. The normalized spacial score (nSPS) is 10.9. The molecule has 0 aromatic heterocycles. The van der Waals surface area contributed by atoms with Crippen LogP contribution in [0.4, 0.5) is 13.2 Å². The van der Waals surface area contributed by atoms with E-state index >= 15 is 0 Å². The van der Waals surface area contributed by atoms with Crippen LogP contribution in [0.5, 0.6) is 0 Å². The maximum absolute atomic E-state index is 12.5. The van der Waals surface area contributed by atoms with Crippen LogP contribution in [0.3, 0.4) is 0 Å². The van der Waals surface area contributed by atoms with Gasteiger partial charge in [-0.25, -0.2) is 9.79 Å². The molecule has 0 aliphatic heterocycles. The zero-order valence-electron chi connectivity index (χ0n) is 7.93. The molecule has 0 saturated heterocycles. The van der Waals surface area contributed by atoms with Crippen molar-refractivity contribution >= 4 is 6.08 Å². The Labute approximate surface area is 84.4 Å². The van der Waals surface area contributed by atoms with Crippen molar-refractivity contribution in [2.45, 2.75) is 19.6 Å². The zero-order valence-corrected chi connectivity index (χ0v) is 7.93. The highest BCUT2D eigenvalue weighted by Gasteiger charge is 2.33. The van der Waals surface area contributed by atoms with Crippen molar-refractivity contribution in [1.82, 2.24) is 0 Å². The summed E-state index contributed by atoms with van der Waals surface area (Å²) in [6.07, 6.45) is -3.19. The molecule has 5 heteroatoms. The Balaban J connectivity index is 3.26. The van der Waals surface area contributed by atoms with E-state index in [1.54, 1.807) is 13.0 Å². The fourth-order valence-electron chi connectivity index (χ4n) is 1.29. The van der Waals surface area contributed by atoms with E-state index in [1.165, 1.54) is 12.1 Å². The Morgan fingerprint density at radius 3 is 2.60 bits per heavy atom. The van der Waals surface area contributed by atoms with Crippen LogP contribution in [0.25, 0.3) is 0 Å². The minimum atomic E-state index is -4.42. The molecular weight excluding hydrogens is 207 g/mol. The number of isocyanates is 1. The maximum Gasteiger partial charge on any atom is 0.416 e. The van der Waals surface area contributed by atoms with E-state index in [0.29, 0.717) is 5.56 Å². The summed E-state index contributed by atoms with van der Waals surface area (Å²) in [5.74, 6) is 0. The van der Waals surface area contributed by atoms with Gasteiger partial charge in [0.25, 0.3) is 0 Å². The van der Waals surface area contributed by atoms with E-state index in [0.717, 1.165) is 6.07 Å². The third-order valence-electron chi connectivity index (χ3n) is 2.02. The lowest BCUT2D eigenvalue weighted by Gasteiger charge is -2.12. The first-order valence-electron chi connectivity index (χ1n) is 4.16. The molecule has 0 radical (unpaired) electrons. The largest absolute Gasteiger partial charge is 0.416 e. The minimum absolute atomic E-state index is 0.0216. The number of aryl methyl sites for hydroxylation is 1. The Hall–Kier alpha value is -1.61. The summed E-state index contributed by atoms with van der Waals surface area (Å²) in [7, 11) is 0. The number of alkyl halides is 3. The van der Waals surface area contributed by atoms with Crippen LogP contribution in [-0.4, -0.2) is 6.08 Å². The van der Waals surface area contributed by atoms with E-state index in [4.69, 9.17) is 0 Å². The fraction of sp³-hybridized carbons (Fsp3) is 0.300. The number of carbonyl (C=O) groups excluding carboxylic acids is 1. The summed E-state index contributed by atoms with van der Waals surface area (Å²) in [5, 5.41) is 0. The van der Waals surface area contributed by atoms with Gasteiger partial charge in [-0.3, -0.25) is 0 Å². The second-order valence-electron chi connectivity index (χ2n) is 3.01. The molecule has 0 spiro atoms. The number of hydrogen-bond acceptors (Lipinski definition) is 2. The molecule has 0 bridgehead atoms. The van der Waals surface area contributed by atoms with Gasteiger partial charge >= 0.3 is 6.18 Å². The highest BCUT2D eigenvalue weighted by Crippen LogP contribution is 2.33. The molecule has 0 fully saturated rings. The van der Waals surface area contributed by atoms with Crippen molar-refractivity contribution < 1.29 is 18.0 Å². The van der Waals surface area contributed by atoms with Gasteiger partial charge < -0.3 is 0 Å². The van der Waals surface area contributed by atoms with Crippen LogP contribution in [0, 0.1) is 6.92 Å². The lowest BCUT2D eigenvalue weighted by Crippen LogP contribution is -2.09. The first-order valence-corrected chi connectivity index (χ1v) is 4.16. The Morgan fingerprint density at radius 1 is 1.40 bits per heavy atom. The minimum Gasteiger partial charge on any atom is -0.211 e. The molecule has 0 aliphatic carbocycles. The molecule has 0 amide bonds. The lowest BCUT2D eigenvalue weighted by atomic mass is 10.0. The Bertz CT molecular complexity index is 406. The third-order valence-corrected chi connectivity index (χ3v) is 2.02. The summed E-state index contributed by atoms with van der Waals surface area (Å²) in [4.78, 5) is 13.0. The molecule has 1 rings (SSSR count). The molecule has 0 heterocycles. The smallest absolute Gasteiger partial charge is 0.211 e. The van der Waals surface area contributed by atoms with Crippen molar-refractivity contribution in [2.24, 2.45) is 4.99 Å². The average Bonchev–Trinajstić information content (AvgIpc) is 2.14. The van der Waals surface area contributed by atoms with Gasteiger partial charge in [0.2, 0.25) is 6.08 Å². The molecule has 1 aromatic carbocycles. The van der Waals surface area contributed by atoms with Crippen LogP contribution < -0.4 is 0 Å². The van der Waals surface area contributed by atoms with E-state index in [-0.39, 0.29) is 12.1 Å². The highest BCUT2D eigenvalue weighted by atomic mass is 19.4. The second-order valence-corrected chi connectivity index (χ2v) is 3.01. The van der Waals surface area contributed by atoms with Crippen molar-refractivity contribution in [3.05, 3.63) is 34.9 Å². The number of aliphatic imine (C=N–C) groups is 1. The van der Waals surface area contributed by atoms with Crippen LogP contribution in [0.1, 0.15) is 16.7 Å². The summed E-state index contributed by atoms with van der Waals surface area (Å²) >= 11 is 0. The first-order chi connectivity index (χ1) is 6.96. The van der Waals surface area contributed by atoms with Crippen molar-refractivity contribution in [2.75, 3.05) is 0 Å². The van der Waals surface area contributed by atoms with Gasteiger partial charge in [0, 0.05) is 0 Å². The molecule has 0 aliphatic rings. The van der Waals surface area contributed by atoms with Gasteiger partial charge in [0.1, 0.15) is 0 Å². The molecule has 0 saturated carbocycles. The Morgan fingerprint density at radius 2 is 2.07 bits per heavy atom. The number of rotatable bonds is 2. The summed E-state index contributed by atoms with van der Waals surface area (Å²) in [6.45, 7) is 1.26. The van der Waals surface area contributed by atoms with E-state index in [1.807, 2.05) is 0 Å². The van der Waals surface area contributed by atoms with E-state index in [9.17, 15) is 18.0 Å². The van der Waals surface area contributed by atoms with Gasteiger partial charge in [0.15, 0.2) is 0 Å². The monoisotopic (exact) mass is 215 g/mol. The molecule has 2 nitrogen and oxygen atoms in total. The predicted molar refractivity (Wildman–Crippen MR) is 48.0 cm³/mol. The number of hydrogen-bond donors (Lipinski definition) is 0. The predicted octanol–water partition coefficient (Wildman–Crippen LogP) is 2.85. The Kier molecular flexibility index (Phi) is 3.27. The average molecular weight is 215 g/mol. The van der Waals surface area contributed by atoms with Crippen LogP contribution in [-0.2, 0) is 17.5 Å². The molecule has 0 atom stereocenters. The molecule has 1 aromatic rings. The summed E-state index contributed by atoms with van der Waals surface area (Å²) in [5.41, 5.74) is -0.265. The topological polar surface area (TPSA) is 29.4 Å². The van der Waals surface area contributed by atoms with Crippen molar-refractivity contribution in [3.8, 4) is 0 Å². The molecule has 0 N–H and O–H groups in total. The zero-order chi connectivity index (χ0) is 11.5. The van der Waals surface area contributed by atoms with Gasteiger partial charge in [-0.05, 0) is 24.1 Å². The summed E-state index contributed by atoms with van der Waals surface area (Å²) in [6, 6.07) is 3.85. The molecule has 0 unspecified atom stereocenters. The second kappa shape index (κ2) is 4.28. The molecule has 80 valence electrons. The molecular formula is C10H8F3NO. The quantitative estimate of drug-likeness (QED) is 0.551. The lowest BCUT2D eigenvalue weighted by molar-refractivity contribution is -0.138. The van der Waals surface area contributed by atoms with E-state index < -0.39 is 11.7 Å².